The largest absolute Gasteiger partial charge is 0.494 e. The molecule has 0 radical (unpaired) electrons. The van der Waals surface area contributed by atoms with Crippen LogP contribution in [0, 0.1) is 0 Å². The van der Waals surface area contributed by atoms with Crippen molar-refractivity contribution in [3.8, 4) is 0 Å². The topological polar surface area (TPSA) is 18.5 Å². The molecule has 0 unspecified atom stereocenters. The molecule has 0 aromatic heterocycles. The van der Waals surface area contributed by atoms with Gasteiger partial charge in [0.2, 0.25) is 0 Å². The van der Waals surface area contributed by atoms with Crippen LogP contribution >= 0.6 is 22.6 Å². The second-order valence-electron chi connectivity index (χ2n) is 2.21. The molecule has 2 rings (SSSR count). The van der Waals surface area contributed by atoms with Crippen molar-refractivity contribution in [2.45, 2.75) is 10.0 Å². The monoisotopic (exact) mass is 238 g/mol. The third-order valence-electron chi connectivity index (χ3n) is 1.63. The summed E-state index contributed by atoms with van der Waals surface area (Å²) >= 11 is 2.30. The maximum Gasteiger partial charge on any atom is 0.179 e. The fourth-order valence-electron chi connectivity index (χ4n) is 1.13. The van der Waals surface area contributed by atoms with Crippen LogP contribution < -0.4 is 0 Å². The normalized spacial score (nSPS) is 39.9. The van der Waals surface area contributed by atoms with Gasteiger partial charge >= 0.3 is 0 Å². The Morgan fingerprint density at radius 2 is 2.56 bits per heavy atom. The summed E-state index contributed by atoms with van der Waals surface area (Å²) in [5.74, 6) is 1.03. The number of hydrogen-bond acceptors (Lipinski definition) is 2. The van der Waals surface area contributed by atoms with E-state index in [-0.39, 0.29) is 3.61 Å². The molecule has 0 aromatic rings. The number of alkyl halides is 1. The molecule has 2 aliphatic rings. The van der Waals surface area contributed by atoms with Crippen LogP contribution in [0.5, 0.6) is 0 Å². The summed E-state index contributed by atoms with van der Waals surface area (Å²) in [4.78, 5) is 0. The van der Waals surface area contributed by atoms with Crippen LogP contribution in [0.1, 0.15) is 6.42 Å². The van der Waals surface area contributed by atoms with Crippen molar-refractivity contribution in [2.75, 3.05) is 13.2 Å². The van der Waals surface area contributed by atoms with Gasteiger partial charge in [0.05, 0.1) is 13.2 Å². The first-order valence-corrected chi connectivity index (χ1v) is 4.05. The molecule has 3 heteroatoms. The lowest BCUT2D eigenvalue weighted by Gasteiger charge is -2.13. The van der Waals surface area contributed by atoms with Gasteiger partial charge in [0, 0.05) is 6.42 Å². The second-order valence-corrected chi connectivity index (χ2v) is 3.95. The number of rotatable bonds is 0. The van der Waals surface area contributed by atoms with E-state index in [1.807, 2.05) is 6.08 Å². The summed E-state index contributed by atoms with van der Waals surface area (Å²) in [7, 11) is 0. The molecule has 2 aliphatic heterocycles. The third kappa shape index (κ3) is 0.781. The highest BCUT2D eigenvalue weighted by Crippen LogP contribution is 2.42. The lowest BCUT2D eigenvalue weighted by atomic mass is 10.3. The minimum Gasteiger partial charge on any atom is -0.494 e. The molecule has 0 bridgehead atoms. The summed E-state index contributed by atoms with van der Waals surface area (Å²) in [6.45, 7) is 1.53. The Balaban J connectivity index is 2.31. The third-order valence-corrected chi connectivity index (χ3v) is 3.01. The highest BCUT2D eigenvalue weighted by atomic mass is 127. The van der Waals surface area contributed by atoms with Gasteiger partial charge in [-0.2, -0.15) is 0 Å². The van der Waals surface area contributed by atoms with E-state index in [1.54, 1.807) is 0 Å². The Hall–Kier alpha value is 0.230. The van der Waals surface area contributed by atoms with E-state index in [0.29, 0.717) is 0 Å². The van der Waals surface area contributed by atoms with E-state index >= 15 is 0 Å². The van der Waals surface area contributed by atoms with Crippen LogP contribution in [0.15, 0.2) is 11.8 Å². The van der Waals surface area contributed by atoms with E-state index in [2.05, 4.69) is 22.6 Å². The maximum absolute atomic E-state index is 5.43. The molecule has 1 atom stereocenters. The summed E-state index contributed by atoms with van der Waals surface area (Å²) in [5.41, 5.74) is 0. The van der Waals surface area contributed by atoms with Gasteiger partial charge in [0.25, 0.3) is 0 Å². The van der Waals surface area contributed by atoms with Gasteiger partial charge < -0.3 is 9.47 Å². The van der Waals surface area contributed by atoms with Crippen LogP contribution in [0.3, 0.4) is 0 Å². The zero-order valence-corrected chi connectivity index (χ0v) is 7.05. The minimum absolute atomic E-state index is 0.0856. The summed E-state index contributed by atoms with van der Waals surface area (Å²) in [5, 5.41) is 0. The molecule has 50 valence electrons. The summed E-state index contributed by atoms with van der Waals surface area (Å²) in [6, 6.07) is 0. The minimum atomic E-state index is -0.0856. The quantitative estimate of drug-likeness (QED) is 0.469. The Morgan fingerprint density at radius 3 is 3.33 bits per heavy atom. The van der Waals surface area contributed by atoms with Gasteiger partial charge in [0.15, 0.2) is 3.61 Å². The maximum atomic E-state index is 5.43. The van der Waals surface area contributed by atoms with Gasteiger partial charge in [-0.3, -0.25) is 0 Å². The van der Waals surface area contributed by atoms with Crippen molar-refractivity contribution in [2.24, 2.45) is 0 Å². The summed E-state index contributed by atoms with van der Waals surface area (Å²) in [6.07, 6.45) is 3.01. The lowest BCUT2D eigenvalue weighted by molar-refractivity contribution is 0.109. The van der Waals surface area contributed by atoms with E-state index in [1.165, 1.54) is 0 Å². The van der Waals surface area contributed by atoms with E-state index < -0.39 is 0 Å². The van der Waals surface area contributed by atoms with Crippen molar-refractivity contribution in [1.82, 2.24) is 0 Å². The lowest BCUT2D eigenvalue weighted by Crippen LogP contribution is -2.17. The fourth-order valence-corrected chi connectivity index (χ4v) is 1.90. The molecule has 2 nitrogen and oxygen atoms in total. The second kappa shape index (κ2) is 1.85. The molecule has 2 heterocycles. The number of fused-ring (bicyclic) bond motifs is 1. The average Bonchev–Trinajstić information content (AvgIpc) is 2.22. The van der Waals surface area contributed by atoms with Crippen LogP contribution in [0.4, 0.5) is 0 Å². The molecule has 0 amide bonds. The first-order valence-electron chi connectivity index (χ1n) is 2.98. The fraction of sp³-hybridized carbons (Fsp3) is 0.667. The average molecular weight is 238 g/mol. The number of ether oxygens (including phenoxy) is 2. The van der Waals surface area contributed by atoms with Crippen LogP contribution in [0.2, 0.25) is 0 Å². The highest BCUT2D eigenvalue weighted by molar-refractivity contribution is 14.1. The Bertz CT molecular complexity index is 166. The van der Waals surface area contributed by atoms with Crippen LogP contribution in [-0.4, -0.2) is 16.8 Å². The van der Waals surface area contributed by atoms with Crippen molar-refractivity contribution in [3.05, 3.63) is 11.8 Å². The van der Waals surface area contributed by atoms with Gasteiger partial charge in [-0.25, -0.2) is 0 Å². The molecular formula is C6H7IO2. The van der Waals surface area contributed by atoms with Crippen molar-refractivity contribution in [1.29, 1.82) is 0 Å². The molecule has 9 heavy (non-hydrogen) atoms. The Kier molecular flexibility index (Phi) is 1.23. The molecule has 0 saturated carbocycles. The number of hydrogen-bond donors (Lipinski definition) is 0. The Labute approximate surface area is 67.4 Å². The first-order chi connectivity index (χ1) is 4.31. The molecule has 1 fully saturated rings. The van der Waals surface area contributed by atoms with Crippen molar-refractivity contribution < 1.29 is 9.47 Å². The standard InChI is InChI=1S/C6H7IO2/c7-6-2-4-8-5(6)1-3-9-6/h1H,2-4H2/t6-/m1/s1. The van der Waals surface area contributed by atoms with Crippen LogP contribution in [0.25, 0.3) is 0 Å². The molecular weight excluding hydrogens is 231 g/mol. The highest BCUT2D eigenvalue weighted by Gasteiger charge is 2.41. The zero-order chi connectivity index (χ0) is 6.32. The van der Waals surface area contributed by atoms with Crippen molar-refractivity contribution >= 4 is 22.6 Å². The smallest absolute Gasteiger partial charge is 0.179 e. The molecule has 0 spiro atoms. The van der Waals surface area contributed by atoms with Gasteiger partial charge in [-0.05, 0) is 28.7 Å². The van der Waals surface area contributed by atoms with E-state index in [4.69, 9.17) is 9.47 Å². The van der Waals surface area contributed by atoms with E-state index in [0.717, 1.165) is 25.4 Å². The molecule has 1 saturated heterocycles. The molecule has 0 N–H and O–H groups in total. The Morgan fingerprint density at radius 1 is 1.67 bits per heavy atom. The predicted octanol–water partition coefficient (Wildman–Crippen LogP) is 1.45. The summed E-state index contributed by atoms with van der Waals surface area (Å²) < 4.78 is 10.7. The van der Waals surface area contributed by atoms with E-state index in [9.17, 15) is 0 Å². The first kappa shape index (κ1) is 5.97. The molecule has 0 aromatic carbocycles. The zero-order valence-electron chi connectivity index (χ0n) is 4.89. The van der Waals surface area contributed by atoms with Gasteiger partial charge in [-0.15, -0.1) is 0 Å². The van der Waals surface area contributed by atoms with Gasteiger partial charge in [-0.1, -0.05) is 0 Å². The SMILES string of the molecule is I[C@@]12CCOC1=CCO2. The number of halogens is 1. The van der Waals surface area contributed by atoms with Gasteiger partial charge in [0.1, 0.15) is 5.76 Å². The predicted molar refractivity (Wildman–Crippen MR) is 41.4 cm³/mol. The van der Waals surface area contributed by atoms with Crippen molar-refractivity contribution in [3.63, 3.8) is 0 Å². The van der Waals surface area contributed by atoms with Crippen LogP contribution in [-0.2, 0) is 9.47 Å². The molecule has 0 aliphatic carbocycles.